The van der Waals surface area contributed by atoms with Gasteiger partial charge in [-0.1, -0.05) is 18.6 Å². The number of hydrogen-bond donors (Lipinski definition) is 1. The highest BCUT2D eigenvalue weighted by atomic mass is 19.1. The van der Waals surface area contributed by atoms with Gasteiger partial charge in [0.2, 0.25) is 0 Å². The van der Waals surface area contributed by atoms with Crippen molar-refractivity contribution in [2.24, 2.45) is 5.73 Å². The van der Waals surface area contributed by atoms with Gasteiger partial charge in [0.25, 0.3) is 0 Å². The number of carbonyl (C=O) groups is 1. The lowest BCUT2D eigenvalue weighted by molar-refractivity contribution is -0.109. The molecule has 1 saturated heterocycles. The van der Waals surface area contributed by atoms with Crippen LogP contribution >= 0.6 is 0 Å². The molecule has 1 aromatic carbocycles. The van der Waals surface area contributed by atoms with Gasteiger partial charge in [-0.25, -0.2) is 4.39 Å². The van der Waals surface area contributed by atoms with Gasteiger partial charge in [0.15, 0.2) is 0 Å². The molecule has 0 radical (unpaired) electrons. The standard InChI is InChI=1S/C16H21FN2O/c1-19-15(9-13(18)10-20)16(19)8-2-3-14(16)11-4-6-12(17)7-5-11/h4-7,10,13-15H,2-3,8-9,18H2,1H3. The first-order valence-electron chi connectivity index (χ1n) is 7.29. The van der Waals surface area contributed by atoms with Crippen LogP contribution in [0, 0.1) is 5.82 Å². The maximum Gasteiger partial charge on any atom is 0.136 e. The number of hydrogen-bond acceptors (Lipinski definition) is 3. The van der Waals surface area contributed by atoms with E-state index in [4.69, 9.17) is 5.73 Å². The van der Waals surface area contributed by atoms with E-state index in [9.17, 15) is 9.18 Å². The fourth-order valence-electron chi connectivity index (χ4n) is 4.23. The normalized spacial score (nSPS) is 37.0. The number of nitrogens with zero attached hydrogens (tertiary/aromatic N) is 1. The van der Waals surface area contributed by atoms with E-state index < -0.39 is 0 Å². The summed E-state index contributed by atoms with van der Waals surface area (Å²) in [6.45, 7) is 0. The van der Waals surface area contributed by atoms with Crippen LogP contribution in [0.25, 0.3) is 0 Å². The van der Waals surface area contributed by atoms with Gasteiger partial charge in [-0.2, -0.15) is 0 Å². The highest BCUT2D eigenvalue weighted by molar-refractivity contribution is 5.57. The summed E-state index contributed by atoms with van der Waals surface area (Å²) in [4.78, 5) is 13.1. The summed E-state index contributed by atoms with van der Waals surface area (Å²) in [6.07, 6.45) is 5.00. The molecule has 20 heavy (non-hydrogen) atoms. The monoisotopic (exact) mass is 276 g/mol. The SMILES string of the molecule is CN1C(CC(N)C=O)C12CCCC2c1ccc(F)cc1. The zero-order valence-corrected chi connectivity index (χ0v) is 11.8. The molecule has 3 nitrogen and oxygen atoms in total. The van der Waals surface area contributed by atoms with Gasteiger partial charge in [-0.3, -0.25) is 4.90 Å². The van der Waals surface area contributed by atoms with Gasteiger partial charge in [0.1, 0.15) is 12.1 Å². The molecule has 1 aliphatic heterocycles. The van der Waals surface area contributed by atoms with Crippen LogP contribution in [0.2, 0.25) is 0 Å². The topological polar surface area (TPSA) is 46.1 Å². The lowest BCUT2D eigenvalue weighted by Crippen LogP contribution is -2.27. The molecule has 108 valence electrons. The summed E-state index contributed by atoms with van der Waals surface area (Å²) in [6, 6.07) is 6.87. The quantitative estimate of drug-likeness (QED) is 0.676. The molecule has 2 N–H and O–H groups in total. The second-order valence-corrected chi connectivity index (χ2v) is 6.15. The van der Waals surface area contributed by atoms with E-state index in [1.165, 1.54) is 24.1 Å². The van der Waals surface area contributed by atoms with Crippen LogP contribution in [-0.4, -0.2) is 35.9 Å². The molecule has 1 spiro atoms. The Morgan fingerprint density at radius 2 is 2.20 bits per heavy atom. The number of rotatable bonds is 4. The van der Waals surface area contributed by atoms with Crippen molar-refractivity contribution >= 4 is 6.29 Å². The number of likely N-dealkylation sites (N-methyl/N-ethyl adjacent to an activating group) is 1. The van der Waals surface area contributed by atoms with Crippen molar-refractivity contribution in [3.8, 4) is 0 Å². The fraction of sp³-hybridized carbons (Fsp3) is 0.562. The molecule has 3 rings (SSSR count). The summed E-state index contributed by atoms with van der Waals surface area (Å²) in [5.41, 5.74) is 7.13. The maximum absolute atomic E-state index is 13.1. The smallest absolute Gasteiger partial charge is 0.136 e. The van der Waals surface area contributed by atoms with Gasteiger partial charge in [0.05, 0.1) is 6.04 Å². The van der Waals surface area contributed by atoms with Gasteiger partial charge in [-0.15, -0.1) is 0 Å². The van der Waals surface area contributed by atoms with Crippen LogP contribution in [-0.2, 0) is 4.79 Å². The molecule has 1 aliphatic carbocycles. The highest BCUT2D eigenvalue weighted by Crippen LogP contribution is 2.60. The molecule has 4 heteroatoms. The Hall–Kier alpha value is -1.26. The second kappa shape index (κ2) is 4.93. The van der Waals surface area contributed by atoms with Crippen molar-refractivity contribution < 1.29 is 9.18 Å². The minimum atomic E-state index is -0.378. The predicted molar refractivity (Wildman–Crippen MR) is 75.9 cm³/mol. The average molecular weight is 276 g/mol. The summed E-state index contributed by atoms with van der Waals surface area (Å²) in [5.74, 6) is 0.237. The molecule has 2 fully saturated rings. The highest BCUT2D eigenvalue weighted by Gasteiger charge is 2.65. The van der Waals surface area contributed by atoms with Gasteiger partial charge in [0, 0.05) is 17.5 Å². The molecule has 0 amide bonds. The van der Waals surface area contributed by atoms with Crippen molar-refractivity contribution in [1.29, 1.82) is 0 Å². The Bertz CT molecular complexity index is 504. The molecule has 5 unspecified atom stereocenters. The first-order valence-corrected chi connectivity index (χ1v) is 7.29. The van der Waals surface area contributed by atoms with E-state index in [-0.39, 0.29) is 17.4 Å². The molecule has 5 atom stereocenters. The van der Waals surface area contributed by atoms with Crippen LogP contribution in [0.5, 0.6) is 0 Å². The van der Waals surface area contributed by atoms with Gasteiger partial charge >= 0.3 is 0 Å². The molecule has 0 bridgehead atoms. The number of benzene rings is 1. The fourth-order valence-corrected chi connectivity index (χ4v) is 4.23. The second-order valence-electron chi connectivity index (χ2n) is 6.15. The van der Waals surface area contributed by atoms with Crippen LogP contribution in [0.3, 0.4) is 0 Å². The van der Waals surface area contributed by atoms with Crippen LogP contribution in [0.4, 0.5) is 4.39 Å². The molecule has 2 aliphatic rings. The zero-order chi connectivity index (χ0) is 14.3. The first-order chi connectivity index (χ1) is 9.59. The van der Waals surface area contributed by atoms with E-state index >= 15 is 0 Å². The van der Waals surface area contributed by atoms with Crippen molar-refractivity contribution in [1.82, 2.24) is 4.90 Å². The minimum absolute atomic E-state index is 0.137. The van der Waals surface area contributed by atoms with E-state index in [1.54, 1.807) is 0 Å². The lowest BCUT2D eigenvalue weighted by atomic mass is 9.84. The Kier molecular flexibility index (Phi) is 3.38. The molecular formula is C16H21FN2O. The van der Waals surface area contributed by atoms with Gasteiger partial charge < -0.3 is 10.5 Å². The lowest BCUT2D eigenvalue weighted by Gasteiger charge is -2.20. The summed E-state index contributed by atoms with van der Waals surface area (Å²) >= 11 is 0. The Labute approximate surface area is 118 Å². The van der Waals surface area contributed by atoms with E-state index in [1.807, 2.05) is 12.1 Å². The Morgan fingerprint density at radius 3 is 2.85 bits per heavy atom. The third-order valence-electron chi connectivity index (χ3n) is 5.25. The number of carbonyl (C=O) groups excluding carboxylic acids is 1. The van der Waals surface area contributed by atoms with Crippen molar-refractivity contribution in [2.75, 3.05) is 7.05 Å². The largest absolute Gasteiger partial charge is 0.322 e. The van der Waals surface area contributed by atoms with Crippen LogP contribution < -0.4 is 5.73 Å². The Balaban J connectivity index is 1.82. The molecule has 1 saturated carbocycles. The van der Waals surface area contributed by atoms with E-state index in [2.05, 4.69) is 11.9 Å². The third-order valence-corrected chi connectivity index (χ3v) is 5.25. The number of nitrogens with two attached hydrogens (primary N) is 1. The molecule has 1 aromatic rings. The maximum atomic E-state index is 13.1. The number of aldehydes is 1. The predicted octanol–water partition coefficient (Wildman–Crippen LogP) is 2.06. The van der Waals surface area contributed by atoms with E-state index in [0.29, 0.717) is 12.0 Å². The van der Waals surface area contributed by atoms with Crippen LogP contribution in [0.1, 0.15) is 37.2 Å². The summed E-state index contributed by atoms with van der Waals surface area (Å²) in [5, 5.41) is 0. The molecule has 0 aromatic heterocycles. The van der Waals surface area contributed by atoms with Crippen molar-refractivity contribution in [2.45, 2.75) is 49.2 Å². The third kappa shape index (κ3) is 1.98. The molecular weight excluding hydrogens is 255 g/mol. The average Bonchev–Trinajstić information content (AvgIpc) is 2.84. The van der Waals surface area contributed by atoms with E-state index in [0.717, 1.165) is 25.5 Å². The zero-order valence-electron chi connectivity index (χ0n) is 11.8. The molecule has 1 heterocycles. The minimum Gasteiger partial charge on any atom is -0.322 e. The summed E-state index contributed by atoms with van der Waals surface area (Å²) in [7, 11) is 2.12. The van der Waals surface area contributed by atoms with Crippen molar-refractivity contribution in [3.05, 3.63) is 35.6 Å². The summed E-state index contributed by atoms with van der Waals surface area (Å²) < 4.78 is 13.1. The first kappa shape index (κ1) is 13.7. The Morgan fingerprint density at radius 1 is 1.50 bits per heavy atom. The van der Waals surface area contributed by atoms with Gasteiger partial charge in [-0.05, 0) is 44.0 Å². The van der Waals surface area contributed by atoms with Crippen molar-refractivity contribution in [3.63, 3.8) is 0 Å². The van der Waals surface area contributed by atoms with Crippen LogP contribution in [0.15, 0.2) is 24.3 Å². The number of halogens is 1.